The summed E-state index contributed by atoms with van der Waals surface area (Å²) in [6.45, 7) is -3.18. The van der Waals surface area contributed by atoms with Gasteiger partial charge in [0.2, 0.25) is 17.2 Å². The smallest absolute Gasteiger partial charge is 0.228 e. The SMILES string of the molecule is [2H]C([2H])([2H])C([2H])([2H])Nc1nc(Cl)nc(NCC)n1. The van der Waals surface area contributed by atoms with Crippen molar-refractivity contribution in [1.29, 1.82) is 0 Å². The normalized spacial score (nSPS) is 17.5. The third-order valence-corrected chi connectivity index (χ3v) is 1.29. The number of nitrogens with one attached hydrogen (secondary N) is 2. The molecule has 0 radical (unpaired) electrons. The summed E-state index contributed by atoms with van der Waals surface area (Å²) in [7, 11) is 0. The first-order valence-electron chi connectivity index (χ1n) is 6.09. The van der Waals surface area contributed by atoms with Crippen LogP contribution in [0.4, 0.5) is 11.9 Å². The fourth-order valence-corrected chi connectivity index (χ4v) is 0.859. The number of anilines is 2. The Hall–Kier alpha value is -1.10. The molecule has 1 aromatic rings. The van der Waals surface area contributed by atoms with E-state index in [1.165, 1.54) is 0 Å². The minimum absolute atomic E-state index is 0.140. The van der Waals surface area contributed by atoms with Crippen molar-refractivity contribution in [2.24, 2.45) is 0 Å². The fourth-order valence-electron chi connectivity index (χ4n) is 0.699. The van der Waals surface area contributed by atoms with Gasteiger partial charge in [-0.25, -0.2) is 0 Å². The van der Waals surface area contributed by atoms with Crippen molar-refractivity contribution in [3.8, 4) is 0 Å². The van der Waals surface area contributed by atoms with Crippen LogP contribution in [0.2, 0.25) is 5.28 Å². The Balaban J connectivity index is 2.97. The molecule has 1 heterocycles. The molecule has 72 valence electrons. The van der Waals surface area contributed by atoms with Gasteiger partial charge in [-0.2, -0.15) is 15.0 Å². The molecule has 1 aromatic heterocycles. The summed E-state index contributed by atoms with van der Waals surface area (Å²) in [6.07, 6.45) is 0. The molecule has 13 heavy (non-hydrogen) atoms. The van der Waals surface area contributed by atoms with Gasteiger partial charge in [0.15, 0.2) is 0 Å². The Bertz CT molecular complexity index is 423. The summed E-state index contributed by atoms with van der Waals surface area (Å²) < 4.78 is 35.9. The Morgan fingerprint density at radius 3 is 2.69 bits per heavy atom. The quantitative estimate of drug-likeness (QED) is 0.780. The van der Waals surface area contributed by atoms with Crippen LogP contribution in [0.1, 0.15) is 20.6 Å². The van der Waals surface area contributed by atoms with Crippen LogP contribution in [0, 0.1) is 0 Å². The van der Waals surface area contributed by atoms with Crippen LogP contribution in [0.25, 0.3) is 0 Å². The lowest BCUT2D eigenvalue weighted by atomic mass is 10.7. The number of hydrogen-bond donors (Lipinski definition) is 2. The second kappa shape index (κ2) is 4.81. The molecule has 0 fully saturated rings. The highest BCUT2D eigenvalue weighted by Gasteiger charge is 2.01. The van der Waals surface area contributed by atoms with E-state index in [1.54, 1.807) is 0 Å². The zero-order valence-electron chi connectivity index (χ0n) is 11.9. The Morgan fingerprint density at radius 1 is 1.38 bits per heavy atom. The zero-order chi connectivity index (χ0) is 14.0. The third kappa shape index (κ3) is 3.02. The van der Waals surface area contributed by atoms with E-state index < -0.39 is 13.3 Å². The molecule has 0 saturated carbocycles. The highest BCUT2D eigenvalue weighted by molar-refractivity contribution is 6.28. The molecule has 5 nitrogen and oxygen atoms in total. The van der Waals surface area contributed by atoms with E-state index in [4.69, 9.17) is 18.5 Å². The monoisotopic (exact) mass is 206 g/mol. The largest absolute Gasteiger partial charge is 0.354 e. The number of aromatic nitrogens is 3. The predicted octanol–water partition coefficient (Wildman–Crippen LogP) is 1.39. The lowest BCUT2D eigenvalue weighted by molar-refractivity contribution is 0.999. The van der Waals surface area contributed by atoms with Crippen molar-refractivity contribution in [1.82, 2.24) is 15.0 Å². The zero-order valence-corrected chi connectivity index (χ0v) is 7.68. The summed E-state index contributed by atoms with van der Waals surface area (Å²) in [5.74, 6) is -0.103. The Kier molecular flexibility index (Phi) is 1.83. The second-order valence-corrected chi connectivity index (χ2v) is 2.37. The number of rotatable bonds is 4. The molecule has 0 aliphatic heterocycles. The Labute approximate surface area is 89.0 Å². The average Bonchev–Trinajstić information content (AvgIpc) is 2.13. The highest BCUT2D eigenvalue weighted by atomic mass is 35.5. The molecule has 0 aliphatic rings. The van der Waals surface area contributed by atoms with Gasteiger partial charge in [0.25, 0.3) is 0 Å². The first-order chi connectivity index (χ1) is 8.15. The molecule has 0 aliphatic carbocycles. The average molecular weight is 207 g/mol. The van der Waals surface area contributed by atoms with Crippen LogP contribution in [-0.4, -0.2) is 28.0 Å². The van der Waals surface area contributed by atoms with Crippen molar-refractivity contribution in [2.45, 2.75) is 13.8 Å². The molecule has 1 rings (SSSR count). The van der Waals surface area contributed by atoms with Gasteiger partial charge in [-0.1, -0.05) is 0 Å². The first kappa shape index (κ1) is 4.95. The van der Waals surface area contributed by atoms with Gasteiger partial charge >= 0.3 is 0 Å². The van der Waals surface area contributed by atoms with E-state index in [0.29, 0.717) is 6.54 Å². The molecule has 0 aromatic carbocycles. The van der Waals surface area contributed by atoms with E-state index in [-0.39, 0.29) is 17.2 Å². The molecule has 6 heteroatoms. The van der Waals surface area contributed by atoms with E-state index in [0.717, 1.165) is 0 Å². The van der Waals surface area contributed by atoms with Crippen molar-refractivity contribution in [2.75, 3.05) is 23.7 Å². The molecular formula is C7H12ClN5. The Morgan fingerprint density at radius 2 is 2.08 bits per heavy atom. The standard InChI is InChI=1S/C7H12ClN5/c1-3-9-6-11-5(8)12-7(13-6)10-4-2/h3-4H2,1-2H3,(H2,9,10,11,12,13)/i1D3,3D2. The van der Waals surface area contributed by atoms with E-state index in [2.05, 4.69) is 25.6 Å². The molecule has 0 bridgehead atoms. The number of halogens is 1. The van der Waals surface area contributed by atoms with Crippen LogP contribution in [0.5, 0.6) is 0 Å². The molecular weight excluding hydrogens is 190 g/mol. The summed E-state index contributed by atoms with van der Waals surface area (Å²) in [5, 5.41) is 4.68. The highest BCUT2D eigenvalue weighted by Crippen LogP contribution is 2.08. The van der Waals surface area contributed by atoms with Gasteiger partial charge in [-0.3, -0.25) is 0 Å². The maximum atomic E-state index is 7.39. The van der Waals surface area contributed by atoms with Crippen LogP contribution in [0.3, 0.4) is 0 Å². The fraction of sp³-hybridized carbons (Fsp3) is 0.571. The minimum Gasteiger partial charge on any atom is -0.354 e. The van der Waals surface area contributed by atoms with Gasteiger partial charge in [0, 0.05) is 19.9 Å². The molecule has 0 spiro atoms. The molecule has 2 N–H and O–H groups in total. The van der Waals surface area contributed by atoms with Crippen molar-refractivity contribution < 1.29 is 6.85 Å². The van der Waals surface area contributed by atoms with E-state index in [1.807, 2.05) is 6.92 Å². The van der Waals surface area contributed by atoms with Gasteiger partial charge in [-0.05, 0) is 25.4 Å². The topological polar surface area (TPSA) is 62.7 Å². The maximum absolute atomic E-state index is 7.39. The van der Waals surface area contributed by atoms with Gasteiger partial charge in [-0.15, -0.1) is 0 Å². The maximum Gasteiger partial charge on any atom is 0.228 e. The van der Waals surface area contributed by atoms with Crippen molar-refractivity contribution in [3.05, 3.63) is 5.28 Å². The summed E-state index contributed by atoms with van der Waals surface area (Å²) in [6, 6.07) is 0. The lowest BCUT2D eigenvalue weighted by Crippen LogP contribution is -2.08. The minimum atomic E-state index is -2.86. The van der Waals surface area contributed by atoms with Gasteiger partial charge < -0.3 is 10.6 Å². The van der Waals surface area contributed by atoms with Crippen molar-refractivity contribution in [3.63, 3.8) is 0 Å². The van der Waals surface area contributed by atoms with Crippen LogP contribution >= 0.6 is 11.6 Å². The lowest BCUT2D eigenvalue weighted by Gasteiger charge is -2.04. The van der Waals surface area contributed by atoms with E-state index in [9.17, 15) is 0 Å². The van der Waals surface area contributed by atoms with E-state index >= 15 is 0 Å². The number of nitrogens with zero attached hydrogens (tertiary/aromatic N) is 3. The van der Waals surface area contributed by atoms with Gasteiger partial charge in [0.1, 0.15) is 0 Å². The molecule has 0 saturated heterocycles. The first-order valence-corrected chi connectivity index (χ1v) is 3.97. The number of hydrogen-bond acceptors (Lipinski definition) is 5. The molecule has 0 amide bonds. The third-order valence-electron chi connectivity index (χ3n) is 1.12. The summed E-state index contributed by atoms with van der Waals surface area (Å²) >= 11 is 5.62. The van der Waals surface area contributed by atoms with Crippen LogP contribution in [-0.2, 0) is 0 Å². The second-order valence-electron chi connectivity index (χ2n) is 2.03. The van der Waals surface area contributed by atoms with Gasteiger partial charge in [0.05, 0.1) is 0 Å². The molecule has 0 unspecified atom stereocenters. The van der Waals surface area contributed by atoms with Crippen LogP contribution in [0.15, 0.2) is 0 Å². The molecule has 0 atom stereocenters. The predicted molar refractivity (Wildman–Crippen MR) is 53.2 cm³/mol. The van der Waals surface area contributed by atoms with Crippen molar-refractivity contribution >= 4 is 23.5 Å². The van der Waals surface area contributed by atoms with Crippen LogP contribution < -0.4 is 10.6 Å². The summed E-state index contributed by atoms with van der Waals surface area (Å²) in [5.41, 5.74) is 0. The summed E-state index contributed by atoms with van der Waals surface area (Å²) in [4.78, 5) is 11.2.